The van der Waals surface area contributed by atoms with Gasteiger partial charge in [0.15, 0.2) is 11.5 Å². The minimum absolute atomic E-state index is 0.0345. The smallest absolute Gasteiger partial charge is 0.354 e. The Morgan fingerprint density at radius 3 is 2.29 bits per heavy atom. The van der Waals surface area contributed by atoms with Crippen LogP contribution in [0, 0.1) is 0 Å². The number of fused-ring (bicyclic) bond motifs is 1. The van der Waals surface area contributed by atoms with Gasteiger partial charge in [0.2, 0.25) is 0 Å². The van der Waals surface area contributed by atoms with Crippen LogP contribution in [-0.4, -0.2) is 50.4 Å². The van der Waals surface area contributed by atoms with Crippen LogP contribution in [0.3, 0.4) is 0 Å². The van der Waals surface area contributed by atoms with Gasteiger partial charge in [-0.25, -0.2) is 14.4 Å². The zero-order valence-electron chi connectivity index (χ0n) is 13.0. The molecule has 0 aromatic heterocycles. The minimum atomic E-state index is -1.25. The topological polar surface area (TPSA) is 120 Å². The van der Waals surface area contributed by atoms with E-state index >= 15 is 0 Å². The highest BCUT2D eigenvalue weighted by Crippen LogP contribution is 2.36. The molecule has 0 amide bonds. The number of hydrogen-bond acceptors (Lipinski definition) is 8. The number of hydrogen-bond donors (Lipinski definition) is 2. The predicted molar refractivity (Wildman–Crippen MR) is 80.1 cm³/mol. The maximum atomic E-state index is 11.8. The summed E-state index contributed by atoms with van der Waals surface area (Å²) in [5.41, 5.74) is -0.422. The molecule has 0 aliphatic carbocycles. The summed E-state index contributed by atoms with van der Waals surface area (Å²) in [5.74, 6) is -2.34. The van der Waals surface area contributed by atoms with E-state index < -0.39 is 17.9 Å². The van der Waals surface area contributed by atoms with Crippen LogP contribution < -0.4 is 14.8 Å². The molecule has 9 nitrogen and oxygen atoms in total. The standard InChI is InChI=1S/C15H15NO8/c1-21-13(17)7-10(15(20)22-2)16-9-6-12-11(23-3-4-24-12)5-8(9)14(18)19/h5-7,16H,3-4H2,1-2H3,(H,18,19)/b10-7+. The first-order valence-electron chi connectivity index (χ1n) is 6.78. The zero-order chi connectivity index (χ0) is 17.7. The van der Waals surface area contributed by atoms with E-state index in [-0.39, 0.29) is 22.7 Å². The van der Waals surface area contributed by atoms with Crippen molar-refractivity contribution >= 4 is 23.6 Å². The highest BCUT2D eigenvalue weighted by molar-refractivity contribution is 6.02. The Labute approximate surface area is 136 Å². The number of ether oxygens (including phenoxy) is 4. The molecule has 2 rings (SSSR count). The minimum Gasteiger partial charge on any atom is -0.486 e. The molecule has 0 bridgehead atoms. The Bertz CT molecular complexity index is 710. The Morgan fingerprint density at radius 2 is 1.75 bits per heavy atom. The lowest BCUT2D eigenvalue weighted by molar-refractivity contribution is -0.138. The molecule has 128 valence electrons. The van der Waals surface area contributed by atoms with E-state index in [2.05, 4.69) is 14.8 Å². The number of carboxylic acids is 1. The Hall–Kier alpha value is -3.23. The molecule has 1 aromatic carbocycles. The molecule has 0 fully saturated rings. The van der Waals surface area contributed by atoms with Crippen LogP contribution >= 0.6 is 0 Å². The van der Waals surface area contributed by atoms with E-state index in [1.807, 2.05) is 0 Å². The number of carbonyl (C=O) groups excluding carboxylic acids is 2. The van der Waals surface area contributed by atoms with Gasteiger partial charge in [-0.2, -0.15) is 0 Å². The summed E-state index contributed by atoms with van der Waals surface area (Å²) in [6.45, 7) is 0.606. The summed E-state index contributed by atoms with van der Waals surface area (Å²) in [7, 11) is 2.26. The summed E-state index contributed by atoms with van der Waals surface area (Å²) < 4.78 is 19.7. The van der Waals surface area contributed by atoms with Crippen molar-refractivity contribution in [2.24, 2.45) is 0 Å². The highest BCUT2D eigenvalue weighted by Gasteiger charge is 2.22. The SMILES string of the molecule is COC(=O)/C=C(/Nc1cc2c(cc1C(=O)O)OCCO2)C(=O)OC. The van der Waals surface area contributed by atoms with Crippen molar-refractivity contribution in [3.63, 3.8) is 0 Å². The molecule has 0 saturated carbocycles. The fraction of sp³-hybridized carbons (Fsp3) is 0.267. The van der Waals surface area contributed by atoms with Gasteiger partial charge in [0.25, 0.3) is 0 Å². The summed E-state index contributed by atoms with van der Waals surface area (Å²) in [4.78, 5) is 34.6. The van der Waals surface area contributed by atoms with Gasteiger partial charge >= 0.3 is 17.9 Å². The number of aromatic carboxylic acids is 1. The summed E-state index contributed by atoms with van der Waals surface area (Å²) in [6.07, 6.45) is 0.855. The van der Waals surface area contributed by atoms with Crippen molar-refractivity contribution in [3.8, 4) is 11.5 Å². The molecule has 1 aliphatic rings. The second kappa shape index (κ2) is 7.36. The van der Waals surface area contributed by atoms with Crippen molar-refractivity contribution in [2.75, 3.05) is 32.8 Å². The van der Waals surface area contributed by atoms with Gasteiger partial charge in [-0.15, -0.1) is 0 Å². The van der Waals surface area contributed by atoms with Gasteiger partial charge in [0.05, 0.1) is 31.5 Å². The van der Waals surface area contributed by atoms with Gasteiger partial charge in [0.1, 0.15) is 18.9 Å². The largest absolute Gasteiger partial charge is 0.486 e. The van der Waals surface area contributed by atoms with E-state index in [4.69, 9.17) is 9.47 Å². The van der Waals surface area contributed by atoms with Crippen molar-refractivity contribution in [1.29, 1.82) is 0 Å². The number of benzene rings is 1. The first-order valence-corrected chi connectivity index (χ1v) is 6.78. The number of carboxylic acid groups (broad SMARTS) is 1. The van der Waals surface area contributed by atoms with Crippen LogP contribution in [0.5, 0.6) is 11.5 Å². The first-order chi connectivity index (χ1) is 11.5. The number of rotatable bonds is 5. The fourth-order valence-corrected chi connectivity index (χ4v) is 1.95. The third-order valence-corrected chi connectivity index (χ3v) is 3.05. The lowest BCUT2D eigenvalue weighted by Crippen LogP contribution is -2.19. The molecule has 0 radical (unpaired) electrons. The van der Waals surface area contributed by atoms with Crippen LogP contribution in [0.15, 0.2) is 23.9 Å². The molecule has 24 heavy (non-hydrogen) atoms. The van der Waals surface area contributed by atoms with E-state index in [9.17, 15) is 19.5 Å². The normalized spacial score (nSPS) is 13.0. The van der Waals surface area contributed by atoms with Crippen LogP contribution in [-0.2, 0) is 19.1 Å². The Morgan fingerprint density at radius 1 is 1.12 bits per heavy atom. The number of methoxy groups -OCH3 is 2. The molecule has 1 heterocycles. The fourth-order valence-electron chi connectivity index (χ4n) is 1.95. The van der Waals surface area contributed by atoms with Crippen molar-refractivity contribution in [1.82, 2.24) is 0 Å². The monoisotopic (exact) mass is 337 g/mol. The number of anilines is 1. The number of esters is 2. The molecule has 0 spiro atoms. The molecule has 9 heteroatoms. The zero-order valence-corrected chi connectivity index (χ0v) is 13.0. The Balaban J connectivity index is 2.45. The summed E-state index contributed by atoms with van der Waals surface area (Å²) >= 11 is 0. The number of carbonyl (C=O) groups is 3. The first kappa shape index (κ1) is 17.1. The molecular weight excluding hydrogens is 322 g/mol. The predicted octanol–water partition coefficient (Wildman–Crippen LogP) is 0.798. The number of nitrogens with one attached hydrogen (secondary N) is 1. The van der Waals surface area contributed by atoms with Gasteiger partial charge in [-0.3, -0.25) is 0 Å². The van der Waals surface area contributed by atoms with Gasteiger partial charge in [-0.1, -0.05) is 0 Å². The average Bonchev–Trinajstić information content (AvgIpc) is 2.59. The Kier molecular flexibility index (Phi) is 5.25. The molecule has 1 aliphatic heterocycles. The summed E-state index contributed by atoms with van der Waals surface area (Å²) in [5, 5.41) is 11.9. The van der Waals surface area contributed by atoms with Crippen molar-refractivity contribution in [3.05, 3.63) is 29.5 Å². The van der Waals surface area contributed by atoms with E-state index in [1.165, 1.54) is 12.1 Å². The van der Waals surface area contributed by atoms with Crippen LogP contribution in [0.2, 0.25) is 0 Å². The van der Waals surface area contributed by atoms with Gasteiger partial charge in [-0.05, 0) is 0 Å². The van der Waals surface area contributed by atoms with Gasteiger partial charge in [0, 0.05) is 12.1 Å². The lowest BCUT2D eigenvalue weighted by atomic mass is 10.1. The summed E-state index contributed by atoms with van der Waals surface area (Å²) in [6, 6.07) is 2.64. The van der Waals surface area contributed by atoms with Gasteiger partial charge < -0.3 is 29.4 Å². The quantitative estimate of drug-likeness (QED) is 0.593. The van der Waals surface area contributed by atoms with E-state index in [1.54, 1.807) is 0 Å². The van der Waals surface area contributed by atoms with Crippen molar-refractivity contribution in [2.45, 2.75) is 0 Å². The lowest BCUT2D eigenvalue weighted by Gasteiger charge is -2.21. The second-order valence-corrected chi connectivity index (χ2v) is 4.54. The molecule has 0 unspecified atom stereocenters. The van der Waals surface area contributed by atoms with E-state index in [0.717, 1.165) is 20.3 Å². The molecule has 2 N–H and O–H groups in total. The molecular formula is C15H15NO8. The van der Waals surface area contributed by atoms with Crippen LogP contribution in [0.25, 0.3) is 0 Å². The maximum absolute atomic E-state index is 11.8. The van der Waals surface area contributed by atoms with E-state index in [0.29, 0.717) is 19.0 Å². The average molecular weight is 337 g/mol. The van der Waals surface area contributed by atoms with Crippen LogP contribution in [0.1, 0.15) is 10.4 Å². The van der Waals surface area contributed by atoms with Crippen LogP contribution in [0.4, 0.5) is 5.69 Å². The molecule has 1 aromatic rings. The molecule has 0 atom stereocenters. The highest BCUT2D eigenvalue weighted by atomic mass is 16.6. The third kappa shape index (κ3) is 3.75. The maximum Gasteiger partial charge on any atom is 0.354 e. The third-order valence-electron chi connectivity index (χ3n) is 3.05. The second-order valence-electron chi connectivity index (χ2n) is 4.54. The van der Waals surface area contributed by atoms with Crippen molar-refractivity contribution < 1.29 is 38.4 Å². The molecule has 0 saturated heterocycles.